The van der Waals surface area contributed by atoms with E-state index in [1.165, 1.54) is 18.2 Å². The molecule has 8 nitrogen and oxygen atoms in total. The van der Waals surface area contributed by atoms with Crippen molar-refractivity contribution in [2.75, 3.05) is 38.1 Å². The largest absolute Gasteiger partial charge is 0.423 e. The van der Waals surface area contributed by atoms with E-state index in [-0.39, 0.29) is 36.2 Å². The van der Waals surface area contributed by atoms with Crippen molar-refractivity contribution >= 4 is 28.1 Å². The predicted octanol–water partition coefficient (Wildman–Crippen LogP) is 5.99. The van der Waals surface area contributed by atoms with Crippen LogP contribution in [0.1, 0.15) is 36.8 Å². The van der Waals surface area contributed by atoms with Crippen molar-refractivity contribution in [1.29, 1.82) is 0 Å². The van der Waals surface area contributed by atoms with Crippen LogP contribution in [-0.2, 0) is 22.3 Å². The third kappa shape index (κ3) is 7.35. The van der Waals surface area contributed by atoms with Crippen molar-refractivity contribution in [3.8, 4) is 0 Å². The van der Waals surface area contributed by atoms with Gasteiger partial charge >= 0.3 is 6.18 Å². The van der Waals surface area contributed by atoms with E-state index in [1.807, 2.05) is 12.1 Å². The van der Waals surface area contributed by atoms with Gasteiger partial charge in [-0.1, -0.05) is 18.2 Å². The Morgan fingerprint density at radius 3 is 2.33 bits per heavy atom. The average Bonchev–Trinajstić information content (AvgIpc) is 2.96. The summed E-state index contributed by atoms with van der Waals surface area (Å²) in [5.74, 6) is -0.316. The first-order valence-corrected chi connectivity index (χ1v) is 14.0. The number of nitro groups is 1. The number of benzene rings is 3. The van der Waals surface area contributed by atoms with E-state index in [0.717, 1.165) is 48.1 Å². The fraction of sp³-hybridized carbons (Fsp3) is 0.433. The molecule has 3 aromatic carbocycles. The molecule has 5 rings (SSSR count). The SMILES string of the molecule is O=C(CO[C@H]1CC[C@H](Nc2ccc([N+](=O)[O-])c(C(F)(F)F)c2)CC1)N1CCN(Cc2ccc3cc(F)ccc3c2)CC1. The molecule has 224 valence electrons. The number of hydrogen-bond acceptors (Lipinski definition) is 6. The van der Waals surface area contributed by atoms with Crippen LogP contribution in [-0.4, -0.2) is 65.6 Å². The fourth-order valence-corrected chi connectivity index (χ4v) is 5.68. The van der Waals surface area contributed by atoms with Gasteiger partial charge in [0.25, 0.3) is 5.69 Å². The monoisotopic (exact) mass is 588 g/mol. The number of nitrogens with zero attached hydrogens (tertiary/aromatic N) is 3. The minimum Gasteiger partial charge on any atom is -0.382 e. The van der Waals surface area contributed by atoms with E-state index >= 15 is 0 Å². The molecule has 2 aliphatic rings. The second-order valence-electron chi connectivity index (χ2n) is 10.9. The standard InChI is InChI=1S/C30H32F4N4O4/c31-23-4-3-21-15-20(1-2-22(21)16-23)18-36-11-13-37(14-12-36)29(39)19-42-26-8-5-24(6-9-26)35-25-7-10-28(38(40)41)27(17-25)30(32,33)34/h1-4,7,10,15-17,24,26,35H,5-6,8-9,11-14,18-19H2/t24-,26-. The number of rotatable bonds is 8. The van der Waals surface area contributed by atoms with Crippen molar-refractivity contribution in [3.05, 3.63) is 81.7 Å². The second kappa shape index (κ2) is 12.6. The number of carbonyl (C=O) groups is 1. The molecule has 1 saturated carbocycles. The zero-order valence-electron chi connectivity index (χ0n) is 22.9. The molecule has 0 unspecified atom stereocenters. The van der Waals surface area contributed by atoms with Crippen LogP contribution in [0.5, 0.6) is 0 Å². The zero-order valence-corrected chi connectivity index (χ0v) is 22.9. The van der Waals surface area contributed by atoms with E-state index < -0.39 is 22.4 Å². The van der Waals surface area contributed by atoms with Gasteiger partial charge in [0.05, 0.1) is 11.0 Å². The molecule has 1 aliphatic heterocycles. The Morgan fingerprint density at radius 1 is 0.952 bits per heavy atom. The molecule has 42 heavy (non-hydrogen) atoms. The molecule has 0 atom stereocenters. The molecule has 12 heteroatoms. The highest BCUT2D eigenvalue weighted by atomic mass is 19.4. The van der Waals surface area contributed by atoms with Crippen LogP contribution in [0.2, 0.25) is 0 Å². The number of anilines is 1. The number of piperazine rings is 1. The molecule has 3 aromatic rings. The Balaban J connectivity index is 1.03. The quantitative estimate of drug-likeness (QED) is 0.198. The lowest BCUT2D eigenvalue weighted by molar-refractivity contribution is -0.388. The van der Waals surface area contributed by atoms with Gasteiger partial charge in [-0.15, -0.1) is 0 Å². The molecule has 2 fully saturated rings. The fourth-order valence-electron chi connectivity index (χ4n) is 5.68. The molecular weight excluding hydrogens is 556 g/mol. The lowest BCUT2D eigenvalue weighted by Gasteiger charge is -2.35. The van der Waals surface area contributed by atoms with E-state index in [0.29, 0.717) is 38.8 Å². The minimum absolute atomic E-state index is 0.0126. The van der Waals surface area contributed by atoms with Gasteiger partial charge in [-0.3, -0.25) is 19.8 Å². The normalized spacial score (nSPS) is 20.0. The van der Waals surface area contributed by atoms with Crippen LogP contribution in [0.25, 0.3) is 10.8 Å². The summed E-state index contributed by atoms with van der Waals surface area (Å²) in [6.45, 7) is 3.42. The number of alkyl halides is 3. The van der Waals surface area contributed by atoms with Gasteiger partial charge in [-0.2, -0.15) is 13.2 Å². The maximum Gasteiger partial charge on any atom is 0.423 e. The van der Waals surface area contributed by atoms with Gasteiger partial charge in [0.15, 0.2) is 0 Å². The molecular formula is C30H32F4N4O4. The van der Waals surface area contributed by atoms with Gasteiger partial charge in [0.2, 0.25) is 5.91 Å². The van der Waals surface area contributed by atoms with E-state index in [2.05, 4.69) is 16.3 Å². The smallest absolute Gasteiger partial charge is 0.382 e. The first kappa shape index (κ1) is 29.7. The Kier molecular flexibility index (Phi) is 8.93. The molecule has 0 bridgehead atoms. The number of hydrogen-bond donors (Lipinski definition) is 1. The van der Waals surface area contributed by atoms with Gasteiger partial charge in [0, 0.05) is 50.5 Å². The summed E-state index contributed by atoms with van der Waals surface area (Å²) in [7, 11) is 0. The van der Waals surface area contributed by atoms with Crippen LogP contribution in [0.3, 0.4) is 0 Å². The zero-order chi connectivity index (χ0) is 29.9. The minimum atomic E-state index is -4.83. The highest BCUT2D eigenvalue weighted by molar-refractivity contribution is 5.83. The predicted molar refractivity (Wildman–Crippen MR) is 149 cm³/mol. The van der Waals surface area contributed by atoms with Crippen molar-refractivity contribution in [3.63, 3.8) is 0 Å². The summed E-state index contributed by atoms with van der Waals surface area (Å²) in [4.78, 5) is 26.8. The molecule has 0 aromatic heterocycles. The van der Waals surface area contributed by atoms with Crippen molar-refractivity contribution in [2.45, 2.75) is 50.6 Å². The van der Waals surface area contributed by atoms with Crippen molar-refractivity contribution in [2.24, 2.45) is 0 Å². The molecule has 1 N–H and O–H groups in total. The summed E-state index contributed by atoms with van der Waals surface area (Å²) in [5.41, 5.74) is -0.931. The maximum atomic E-state index is 13.4. The number of amides is 1. The Bertz CT molecular complexity index is 1430. The number of nitro benzene ring substituents is 1. The van der Waals surface area contributed by atoms with E-state index in [4.69, 9.17) is 4.74 Å². The van der Waals surface area contributed by atoms with Crippen LogP contribution < -0.4 is 5.32 Å². The number of carbonyl (C=O) groups excluding carboxylic acids is 1. The molecule has 0 radical (unpaired) electrons. The Morgan fingerprint density at radius 2 is 1.64 bits per heavy atom. The van der Waals surface area contributed by atoms with Crippen molar-refractivity contribution in [1.82, 2.24) is 9.80 Å². The third-order valence-corrected chi connectivity index (χ3v) is 7.98. The molecule has 1 heterocycles. The van der Waals surface area contributed by atoms with Gasteiger partial charge in [0.1, 0.15) is 18.0 Å². The number of fused-ring (bicyclic) bond motifs is 1. The summed E-state index contributed by atoms with van der Waals surface area (Å²) in [5, 5.41) is 15.9. The highest BCUT2D eigenvalue weighted by Crippen LogP contribution is 2.38. The Labute approximate surface area is 240 Å². The first-order chi connectivity index (χ1) is 20.0. The first-order valence-electron chi connectivity index (χ1n) is 14.0. The summed E-state index contributed by atoms with van der Waals surface area (Å²) < 4.78 is 59.2. The van der Waals surface area contributed by atoms with Gasteiger partial charge in [-0.05, 0) is 72.4 Å². The molecule has 0 spiro atoms. The lowest BCUT2D eigenvalue weighted by Crippen LogP contribution is -2.49. The molecule has 1 aliphatic carbocycles. The topological polar surface area (TPSA) is 87.9 Å². The highest BCUT2D eigenvalue weighted by Gasteiger charge is 2.38. The molecule has 1 saturated heterocycles. The summed E-state index contributed by atoms with van der Waals surface area (Å²) in [6, 6.07) is 13.6. The van der Waals surface area contributed by atoms with Gasteiger partial charge < -0.3 is 15.0 Å². The average molecular weight is 589 g/mol. The van der Waals surface area contributed by atoms with Crippen molar-refractivity contribution < 1.29 is 32.0 Å². The summed E-state index contributed by atoms with van der Waals surface area (Å²) in [6.07, 6.45) is -2.37. The Hall–Kier alpha value is -3.77. The second-order valence-corrected chi connectivity index (χ2v) is 10.9. The number of ether oxygens (including phenoxy) is 1. The van der Waals surface area contributed by atoms with E-state index in [9.17, 15) is 32.5 Å². The van der Waals surface area contributed by atoms with Crippen LogP contribution in [0.4, 0.5) is 28.9 Å². The third-order valence-electron chi connectivity index (χ3n) is 7.98. The molecule has 1 amide bonds. The van der Waals surface area contributed by atoms with E-state index in [1.54, 1.807) is 11.0 Å². The van der Waals surface area contributed by atoms with Crippen LogP contribution in [0.15, 0.2) is 54.6 Å². The summed E-state index contributed by atoms with van der Waals surface area (Å²) >= 11 is 0. The lowest BCUT2D eigenvalue weighted by atomic mass is 9.92. The van der Waals surface area contributed by atoms with Gasteiger partial charge in [-0.25, -0.2) is 4.39 Å². The van der Waals surface area contributed by atoms with Crippen LogP contribution >= 0.6 is 0 Å². The maximum absolute atomic E-state index is 13.4. The van der Waals surface area contributed by atoms with Crippen LogP contribution in [0, 0.1) is 15.9 Å². The number of nitrogens with one attached hydrogen (secondary N) is 1. The number of halogens is 4.